The van der Waals surface area contributed by atoms with Crippen molar-refractivity contribution in [1.82, 2.24) is 9.55 Å². The molecular weight excluding hydrogens is 188 g/mol. The summed E-state index contributed by atoms with van der Waals surface area (Å²) >= 11 is 0. The van der Waals surface area contributed by atoms with E-state index >= 15 is 0 Å². The summed E-state index contributed by atoms with van der Waals surface area (Å²) in [4.78, 5) is 15.3. The zero-order valence-corrected chi connectivity index (χ0v) is 8.04. The average molecular weight is 200 g/mol. The van der Waals surface area contributed by atoms with Gasteiger partial charge in [-0.3, -0.25) is 4.57 Å². The van der Waals surface area contributed by atoms with Crippen LogP contribution in [0.25, 0.3) is 0 Å². The van der Waals surface area contributed by atoms with E-state index in [1.54, 1.807) is 23.6 Å². The van der Waals surface area contributed by atoms with E-state index in [1.807, 2.05) is 0 Å². The minimum Gasteiger partial charge on any atom is -0.395 e. The van der Waals surface area contributed by atoms with Crippen LogP contribution in [0.4, 0.5) is 11.6 Å². The van der Waals surface area contributed by atoms with Crippen molar-refractivity contribution in [2.75, 3.05) is 25.1 Å². The zero-order valence-electron chi connectivity index (χ0n) is 8.04. The van der Waals surface area contributed by atoms with Crippen LogP contribution in [0.3, 0.4) is 0 Å². The molecule has 7 heteroatoms. The predicted octanol–water partition coefficient (Wildman–Crippen LogP) is -0.243. The quantitative estimate of drug-likeness (QED) is 0.535. The van der Waals surface area contributed by atoms with Crippen molar-refractivity contribution < 1.29 is 10.0 Å². The van der Waals surface area contributed by atoms with Gasteiger partial charge in [0.05, 0.1) is 6.61 Å². The molecule has 0 aliphatic heterocycles. The Bertz CT molecular complexity index is 336. The van der Waals surface area contributed by atoms with E-state index in [4.69, 9.17) is 5.11 Å². The highest BCUT2D eigenvalue weighted by Crippen LogP contribution is 2.23. The van der Waals surface area contributed by atoms with Gasteiger partial charge >= 0.3 is 5.82 Å². The molecule has 0 amide bonds. The van der Waals surface area contributed by atoms with Crippen LogP contribution in [0.2, 0.25) is 0 Å². The topological polar surface area (TPSA) is 84.4 Å². The largest absolute Gasteiger partial charge is 0.406 e. The number of aliphatic hydroxyl groups excluding tert-OH is 1. The van der Waals surface area contributed by atoms with Crippen LogP contribution in [0, 0.1) is 10.1 Å². The number of likely N-dealkylation sites (N-methyl/N-ethyl adjacent to an activating group) is 1. The summed E-state index contributed by atoms with van der Waals surface area (Å²) in [5.41, 5.74) is 0. The fourth-order valence-electron chi connectivity index (χ4n) is 1.24. The molecule has 0 saturated heterocycles. The molecule has 0 fully saturated rings. The van der Waals surface area contributed by atoms with E-state index in [2.05, 4.69) is 4.98 Å². The molecule has 0 aliphatic carbocycles. The van der Waals surface area contributed by atoms with Gasteiger partial charge in [0.2, 0.25) is 12.1 Å². The molecule has 0 unspecified atom stereocenters. The van der Waals surface area contributed by atoms with Crippen LogP contribution in [0.5, 0.6) is 0 Å². The Morgan fingerprint density at radius 3 is 2.93 bits per heavy atom. The van der Waals surface area contributed by atoms with E-state index in [1.165, 1.54) is 6.33 Å². The normalized spacial score (nSPS) is 10.2. The number of anilines is 1. The highest BCUT2D eigenvalue weighted by Gasteiger charge is 2.22. The first-order valence-electron chi connectivity index (χ1n) is 4.05. The van der Waals surface area contributed by atoms with Gasteiger partial charge in [0.15, 0.2) is 0 Å². The highest BCUT2D eigenvalue weighted by molar-refractivity contribution is 5.53. The Balaban J connectivity index is 3.04. The van der Waals surface area contributed by atoms with Crippen LogP contribution in [-0.4, -0.2) is 39.8 Å². The van der Waals surface area contributed by atoms with Gasteiger partial charge < -0.3 is 20.1 Å². The number of nitrogens with zero attached hydrogens (tertiary/aromatic N) is 4. The van der Waals surface area contributed by atoms with Crippen molar-refractivity contribution in [1.29, 1.82) is 0 Å². The first-order chi connectivity index (χ1) is 6.57. The summed E-state index contributed by atoms with van der Waals surface area (Å²) in [5, 5.41) is 19.3. The van der Waals surface area contributed by atoms with Crippen molar-refractivity contribution in [3.8, 4) is 0 Å². The van der Waals surface area contributed by atoms with Gasteiger partial charge in [0.25, 0.3) is 0 Å². The molecular formula is C7H12N4O3. The van der Waals surface area contributed by atoms with Gasteiger partial charge in [-0.2, -0.15) is 0 Å². The van der Waals surface area contributed by atoms with Crippen molar-refractivity contribution in [2.45, 2.75) is 0 Å². The molecule has 7 nitrogen and oxygen atoms in total. The third kappa shape index (κ3) is 1.82. The second kappa shape index (κ2) is 4.05. The summed E-state index contributed by atoms with van der Waals surface area (Å²) in [6.07, 6.45) is 1.38. The van der Waals surface area contributed by atoms with Crippen molar-refractivity contribution in [2.24, 2.45) is 7.05 Å². The summed E-state index contributed by atoms with van der Waals surface area (Å²) < 4.78 is 1.55. The van der Waals surface area contributed by atoms with Gasteiger partial charge in [-0.1, -0.05) is 0 Å². The van der Waals surface area contributed by atoms with Gasteiger partial charge in [-0.25, -0.2) is 0 Å². The summed E-state index contributed by atoms with van der Waals surface area (Å²) in [7, 11) is 3.34. The average Bonchev–Trinajstić information content (AvgIpc) is 2.47. The van der Waals surface area contributed by atoms with Crippen LogP contribution in [0.15, 0.2) is 6.33 Å². The Morgan fingerprint density at radius 1 is 1.79 bits per heavy atom. The minimum absolute atomic E-state index is 0.0567. The Labute approximate surface area is 80.7 Å². The monoisotopic (exact) mass is 200 g/mol. The minimum atomic E-state index is -0.538. The Hall–Kier alpha value is -1.63. The fraction of sp³-hybridized carbons (Fsp3) is 0.571. The number of nitro groups is 1. The summed E-state index contributed by atoms with van der Waals surface area (Å²) in [6, 6.07) is 0. The lowest BCUT2D eigenvalue weighted by Gasteiger charge is -2.16. The molecule has 1 rings (SSSR count). The zero-order chi connectivity index (χ0) is 10.7. The van der Waals surface area contributed by atoms with Crippen LogP contribution in [0.1, 0.15) is 0 Å². The maximum atomic E-state index is 10.6. The molecule has 0 aromatic carbocycles. The van der Waals surface area contributed by atoms with E-state index in [9.17, 15) is 10.1 Å². The lowest BCUT2D eigenvalue weighted by molar-refractivity contribution is -0.388. The molecule has 1 heterocycles. The summed E-state index contributed by atoms with van der Waals surface area (Å²) in [6.45, 7) is 0.277. The molecule has 0 radical (unpaired) electrons. The first-order valence-corrected chi connectivity index (χ1v) is 4.05. The molecule has 0 spiro atoms. The fourth-order valence-corrected chi connectivity index (χ4v) is 1.24. The number of aliphatic hydroxyl groups is 1. The molecule has 1 N–H and O–H groups in total. The van der Waals surface area contributed by atoms with Crippen molar-refractivity contribution in [3.63, 3.8) is 0 Å². The molecule has 1 aromatic rings. The third-order valence-electron chi connectivity index (χ3n) is 1.86. The smallest absolute Gasteiger partial charge is 0.395 e. The lowest BCUT2D eigenvalue weighted by atomic mass is 10.5. The Morgan fingerprint density at radius 2 is 2.43 bits per heavy atom. The van der Waals surface area contributed by atoms with E-state index in [0.717, 1.165) is 0 Å². The number of imidazole rings is 1. The molecule has 1 aromatic heterocycles. The van der Waals surface area contributed by atoms with E-state index in [-0.39, 0.29) is 12.4 Å². The van der Waals surface area contributed by atoms with Crippen LogP contribution >= 0.6 is 0 Å². The van der Waals surface area contributed by atoms with Crippen molar-refractivity contribution in [3.05, 3.63) is 16.4 Å². The second-order valence-corrected chi connectivity index (χ2v) is 2.90. The maximum Gasteiger partial charge on any atom is 0.406 e. The number of hydrogen-bond donors (Lipinski definition) is 1. The molecule has 78 valence electrons. The maximum absolute atomic E-state index is 10.6. The SMILES string of the molecule is CN(CCO)c1c([N+](=O)[O-])ncn1C. The predicted molar refractivity (Wildman–Crippen MR) is 50.2 cm³/mol. The molecule has 0 atom stereocenters. The van der Waals surface area contributed by atoms with Crippen molar-refractivity contribution >= 4 is 11.6 Å². The van der Waals surface area contributed by atoms with Crippen LogP contribution < -0.4 is 4.90 Å². The molecule has 0 saturated carbocycles. The number of aromatic nitrogens is 2. The number of rotatable bonds is 4. The number of aryl methyl sites for hydroxylation is 1. The van der Waals surface area contributed by atoms with E-state index in [0.29, 0.717) is 12.4 Å². The highest BCUT2D eigenvalue weighted by atomic mass is 16.6. The van der Waals surface area contributed by atoms with Crippen LogP contribution in [-0.2, 0) is 7.05 Å². The van der Waals surface area contributed by atoms with Gasteiger partial charge in [-0.15, -0.1) is 0 Å². The summed E-state index contributed by atoms with van der Waals surface area (Å²) in [5.74, 6) is 0.201. The van der Waals surface area contributed by atoms with Gasteiger partial charge in [0, 0.05) is 20.6 Å². The van der Waals surface area contributed by atoms with Gasteiger partial charge in [-0.05, 0) is 9.91 Å². The first kappa shape index (κ1) is 10.5. The number of hydrogen-bond acceptors (Lipinski definition) is 5. The third-order valence-corrected chi connectivity index (χ3v) is 1.86. The second-order valence-electron chi connectivity index (χ2n) is 2.90. The Kier molecular flexibility index (Phi) is 3.03. The van der Waals surface area contributed by atoms with E-state index < -0.39 is 4.92 Å². The molecule has 0 bridgehead atoms. The standard InChI is InChI=1S/C7H12N4O3/c1-9(3-4-12)7-6(11(13)14)8-5-10(7)2/h5,12H,3-4H2,1-2H3. The molecule has 14 heavy (non-hydrogen) atoms. The van der Waals surface area contributed by atoms with Gasteiger partial charge in [0.1, 0.15) is 0 Å². The lowest BCUT2D eigenvalue weighted by Crippen LogP contribution is -2.24. The molecule has 0 aliphatic rings.